The molecule has 2 heterocycles. The molecule has 164 valence electrons. The van der Waals surface area contributed by atoms with E-state index >= 15 is 0 Å². The van der Waals surface area contributed by atoms with Crippen LogP contribution in [-0.4, -0.2) is 82.0 Å². The van der Waals surface area contributed by atoms with Crippen molar-refractivity contribution in [2.24, 2.45) is 4.99 Å². The summed E-state index contributed by atoms with van der Waals surface area (Å²) in [5.41, 5.74) is 2.02. The lowest BCUT2D eigenvalue weighted by atomic mass is 10.1. The van der Waals surface area contributed by atoms with Crippen molar-refractivity contribution in [3.8, 4) is 17.2 Å². The van der Waals surface area contributed by atoms with Crippen LogP contribution in [0.3, 0.4) is 0 Å². The van der Waals surface area contributed by atoms with Crippen LogP contribution in [0.5, 0.6) is 17.2 Å². The van der Waals surface area contributed by atoms with Crippen molar-refractivity contribution in [2.45, 2.75) is 13.0 Å². The van der Waals surface area contributed by atoms with Crippen LogP contribution >= 0.6 is 0 Å². The van der Waals surface area contributed by atoms with Gasteiger partial charge in [-0.3, -0.25) is 9.89 Å². The van der Waals surface area contributed by atoms with Gasteiger partial charge in [-0.2, -0.15) is 0 Å². The molecule has 0 amide bonds. The summed E-state index contributed by atoms with van der Waals surface area (Å²) in [5, 5.41) is 7.46. The van der Waals surface area contributed by atoms with Crippen molar-refractivity contribution in [3.05, 3.63) is 35.7 Å². The fourth-order valence-electron chi connectivity index (χ4n) is 3.67. The van der Waals surface area contributed by atoms with E-state index in [9.17, 15) is 0 Å². The molecule has 9 nitrogen and oxygen atoms in total. The highest BCUT2D eigenvalue weighted by atomic mass is 16.5. The van der Waals surface area contributed by atoms with Gasteiger partial charge in [-0.05, 0) is 12.5 Å². The predicted molar refractivity (Wildman–Crippen MR) is 115 cm³/mol. The van der Waals surface area contributed by atoms with Crippen LogP contribution in [0, 0.1) is 0 Å². The molecular weight excluding hydrogens is 386 g/mol. The fourth-order valence-corrected chi connectivity index (χ4v) is 3.67. The van der Waals surface area contributed by atoms with E-state index in [2.05, 4.69) is 25.3 Å². The molecule has 2 aromatic rings. The number of ether oxygens (including phenoxy) is 3. The maximum atomic E-state index is 5.57. The molecule has 30 heavy (non-hydrogen) atoms. The zero-order chi connectivity index (χ0) is 21.3. The number of methoxy groups -OCH3 is 3. The van der Waals surface area contributed by atoms with Crippen LogP contribution in [0.4, 0.5) is 0 Å². The first-order chi connectivity index (χ1) is 14.7. The zero-order valence-electron chi connectivity index (χ0n) is 18.2. The number of rotatable bonds is 8. The summed E-state index contributed by atoms with van der Waals surface area (Å²) in [6, 6.07) is 5.82. The number of aliphatic imine (C=N–C) groups is 1. The largest absolute Gasteiger partial charge is 0.493 e. The minimum atomic E-state index is 0.616. The normalized spacial score (nSPS) is 15.2. The molecule has 3 rings (SSSR count). The van der Waals surface area contributed by atoms with E-state index in [-0.39, 0.29) is 0 Å². The zero-order valence-corrected chi connectivity index (χ0v) is 18.2. The predicted octanol–water partition coefficient (Wildman–Crippen LogP) is 1.64. The van der Waals surface area contributed by atoms with Crippen LogP contribution in [0.25, 0.3) is 0 Å². The van der Waals surface area contributed by atoms with E-state index in [0.717, 1.165) is 62.9 Å². The van der Waals surface area contributed by atoms with Crippen LogP contribution in [0.15, 0.2) is 34.0 Å². The number of hydrogen-bond acceptors (Lipinski definition) is 7. The minimum Gasteiger partial charge on any atom is -0.493 e. The van der Waals surface area contributed by atoms with Crippen molar-refractivity contribution >= 4 is 5.96 Å². The van der Waals surface area contributed by atoms with Crippen LogP contribution < -0.4 is 19.5 Å². The van der Waals surface area contributed by atoms with Crippen LogP contribution in [0.1, 0.15) is 11.3 Å². The van der Waals surface area contributed by atoms with E-state index in [1.54, 1.807) is 27.6 Å². The quantitative estimate of drug-likeness (QED) is 0.513. The molecule has 1 N–H and O–H groups in total. The molecule has 0 bridgehead atoms. The maximum absolute atomic E-state index is 5.57. The van der Waals surface area contributed by atoms with Gasteiger partial charge in [0.15, 0.2) is 17.5 Å². The topological polar surface area (TPSA) is 84.6 Å². The average molecular weight is 418 g/mol. The molecule has 1 saturated heterocycles. The third-order valence-electron chi connectivity index (χ3n) is 5.22. The van der Waals surface area contributed by atoms with Gasteiger partial charge in [0.2, 0.25) is 5.75 Å². The van der Waals surface area contributed by atoms with Crippen molar-refractivity contribution in [1.29, 1.82) is 0 Å². The molecule has 1 aromatic heterocycles. The van der Waals surface area contributed by atoms with Crippen molar-refractivity contribution < 1.29 is 18.7 Å². The van der Waals surface area contributed by atoms with Crippen LogP contribution in [0.2, 0.25) is 0 Å². The molecule has 0 radical (unpaired) electrons. The third-order valence-corrected chi connectivity index (χ3v) is 5.22. The van der Waals surface area contributed by atoms with Gasteiger partial charge in [0.25, 0.3) is 0 Å². The molecule has 1 aromatic carbocycles. The van der Waals surface area contributed by atoms with E-state index in [0.29, 0.717) is 17.2 Å². The van der Waals surface area contributed by atoms with Gasteiger partial charge in [0, 0.05) is 57.9 Å². The smallest absolute Gasteiger partial charge is 0.203 e. The second-order valence-electron chi connectivity index (χ2n) is 6.97. The fraction of sp³-hybridized carbons (Fsp3) is 0.524. The Labute approximate surface area is 177 Å². The second-order valence-corrected chi connectivity index (χ2v) is 6.97. The summed E-state index contributed by atoms with van der Waals surface area (Å²) >= 11 is 0. The summed E-state index contributed by atoms with van der Waals surface area (Å²) < 4.78 is 21.3. The number of piperazine rings is 1. The van der Waals surface area contributed by atoms with E-state index in [4.69, 9.17) is 18.7 Å². The second kappa shape index (κ2) is 10.7. The molecule has 0 aliphatic carbocycles. The number of nitrogens with zero attached hydrogens (tertiary/aromatic N) is 4. The van der Waals surface area contributed by atoms with Gasteiger partial charge in [-0.15, -0.1) is 0 Å². The molecule has 1 aliphatic heterocycles. The van der Waals surface area contributed by atoms with Gasteiger partial charge in [-0.25, -0.2) is 0 Å². The molecule has 1 fully saturated rings. The minimum absolute atomic E-state index is 0.616. The molecule has 0 unspecified atom stereocenters. The SMILES string of the molecule is CN=C(NCCc1ccc(OC)c(OC)c1OC)N1CCN(Cc2ccon2)CC1. The van der Waals surface area contributed by atoms with Crippen molar-refractivity contribution in [2.75, 3.05) is 61.1 Å². The molecule has 0 spiro atoms. The summed E-state index contributed by atoms with van der Waals surface area (Å²) in [6.45, 7) is 5.29. The molecule has 9 heteroatoms. The molecular formula is C21H31N5O4. The number of benzene rings is 1. The first kappa shape index (κ1) is 21.8. The number of nitrogens with one attached hydrogen (secondary N) is 1. The van der Waals surface area contributed by atoms with Crippen molar-refractivity contribution in [1.82, 2.24) is 20.3 Å². The first-order valence-corrected chi connectivity index (χ1v) is 10.0. The standard InChI is InChI=1S/C21H31N5O4/c1-22-21(26-12-10-25(11-13-26)15-17-8-14-30-24-17)23-9-7-16-5-6-18(27-2)20(29-4)19(16)28-3/h5-6,8,14H,7,9-13,15H2,1-4H3,(H,22,23). The Morgan fingerprint density at radius 3 is 2.43 bits per heavy atom. The summed E-state index contributed by atoms with van der Waals surface area (Å²) in [4.78, 5) is 9.11. The number of guanidine groups is 1. The lowest BCUT2D eigenvalue weighted by molar-refractivity contribution is 0.169. The lowest BCUT2D eigenvalue weighted by Crippen LogP contribution is -2.52. The van der Waals surface area contributed by atoms with Gasteiger partial charge in [0.05, 0.1) is 27.0 Å². The van der Waals surface area contributed by atoms with Gasteiger partial charge in [-0.1, -0.05) is 11.2 Å². The highest BCUT2D eigenvalue weighted by Crippen LogP contribution is 2.39. The van der Waals surface area contributed by atoms with E-state index in [1.165, 1.54) is 0 Å². The number of hydrogen-bond donors (Lipinski definition) is 1. The highest BCUT2D eigenvalue weighted by molar-refractivity contribution is 5.80. The summed E-state index contributed by atoms with van der Waals surface area (Å²) in [5.74, 6) is 2.89. The summed E-state index contributed by atoms with van der Waals surface area (Å²) in [6.07, 6.45) is 2.39. The number of aromatic nitrogens is 1. The van der Waals surface area contributed by atoms with Gasteiger partial charge >= 0.3 is 0 Å². The van der Waals surface area contributed by atoms with Crippen molar-refractivity contribution in [3.63, 3.8) is 0 Å². The highest BCUT2D eigenvalue weighted by Gasteiger charge is 2.21. The molecule has 0 saturated carbocycles. The monoisotopic (exact) mass is 417 g/mol. The lowest BCUT2D eigenvalue weighted by Gasteiger charge is -2.36. The Kier molecular flexibility index (Phi) is 7.78. The van der Waals surface area contributed by atoms with Gasteiger partial charge < -0.3 is 29.0 Å². The molecule has 1 aliphatic rings. The average Bonchev–Trinajstić information content (AvgIpc) is 3.29. The van der Waals surface area contributed by atoms with Gasteiger partial charge in [0.1, 0.15) is 6.26 Å². The van der Waals surface area contributed by atoms with E-state index in [1.807, 2.05) is 25.2 Å². The third kappa shape index (κ3) is 5.15. The Morgan fingerprint density at radius 1 is 1.07 bits per heavy atom. The summed E-state index contributed by atoms with van der Waals surface area (Å²) in [7, 11) is 6.70. The Hall–Kier alpha value is -2.94. The maximum Gasteiger partial charge on any atom is 0.203 e. The van der Waals surface area contributed by atoms with Crippen LogP contribution in [-0.2, 0) is 13.0 Å². The first-order valence-electron chi connectivity index (χ1n) is 10.0. The Balaban J connectivity index is 1.52. The Bertz CT molecular complexity index is 817. The van der Waals surface area contributed by atoms with E-state index < -0.39 is 0 Å². The molecule has 0 atom stereocenters. The Morgan fingerprint density at radius 2 is 1.83 bits per heavy atom.